The number of hydrogen-bond acceptors (Lipinski definition) is 5. The molecular weight excluding hydrogens is 374 g/mol. The molecule has 3 N–H and O–H groups in total. The molecule has 1 amide bonds. The van der Waals surface area contributed by atoms with Crippen LogP contribution in [0.1, 0.15) is 37.7 Å². The first-order valence-electron chi connectivity index (χ1n) is 9.08. The van der Waals surface area contributed by atoms with Crippen LogP contribution >= 0.6 is 0 Å². The summed E-state index contributed by atoms with van der Waals surface area (Å²) in [6, 6.07) is 6.81. The minimum Gasteiger partial charge on any atom is -0.467 e. The highest BCUT2D eigenvalue weighted by Gasteiger charge is 2.27. The standard InChI is InChI=1S/C21H23N3O5/c1-11-17(21(27)29-4)12(2)23-18(11)19(25)24-16(20(26)28-3)9-13-10-22-15-8-6-5-7-14(13)15/h5-8,10,16,22-23H,9H2,1-4H3,(H,24,25)/t16-/m0/s1. The molecule has 8 heteroatoms. The van der Waals surface area contributed by atoms with E-state index < -0.39 is 23.9 Å². The van der Waals surface area contributed by atoms with Gasteiger partial charge in [-0.3, -0.25) is 4.79 Å². The SMILES string of the molecule is COC(=O)c1c(C)[nH]c(C(=O)N[C@@H](Cc2c[nH]c3ccccc23)C(=O)OC)c1C. The molecule has 0 aliphatic heterocycles. The topological polar surface area (TPSA) is 113 Å². The Balaban J connectivity index is 1.87. The first kappa shape index (κ1) is 20.2. The number of methoxy groups -OCH3 is 2. The van der Waals surface area contributed by atoms with E-state index in [0.29, 0.717) is 16.8 Å². The summed E-state index contributed by atoms with van der Waals surface area (Å²) >= 11 is 0. The molecular formula is C21H23N3O5. The van der Waals surface area contributed by atoms with Crippen molar-refractivity contribution in [3.63, 3.8) is 0 Å². The third kappa shape index (κ3) is 3.87. The molecule has 0 spiro atoms. The summed E-state index contributed by atoms with van der Waals surface area (Å²) in [6.07, 6.45) is 2.07. The number of rotatable bonds is 6. The Morgan fingerprint density at radius 2 is 1.83 bits per heavy atom. The van der Waals surface area contributed by atoms with Gasteiger partial charge < -0.3 is 24.8 Å². The molecule has 152 valence electrons. The van der Waals surface area contributed by atoms with Gasteiger partial charge in [-0.25, -0.2) is 9.59 Å². The van der Waals surface area contributed by atoms with E-state index in [2.05, 4.69) is 15.3 Å². The molecule has 2 aromatic heterocycles. The number of nitrogens with one attached hydrogen (secondary N) is 3. The number of ether oxygens (including phenoxy) is 2. The van der Waals surface area contributed by atoms with Gasteiger partial charge in [-0.15, -0.1) is 0 Å². The van der Waals surface area contributed by atoms with Crippen molar-refractivity contribution >= 4 is 28.7 Å². The molecule has 1 aromatic carbocycles. The summed E-state index contributed by atoms with van der Waals surface area (Å²) in [5.41, 5.74) is 3.31. The van der Waals surface area contributed by atoms with Crippen molar-refractivity contribution < 1.29 is 23.9 Å². The Hall–Kier alpha value is -3.55. The fourth-order valence-electron chi connectivity index (χ4n) is 3.47. The molecule has 8 nitrogen and oxygen atoms in total. The predicted octanol–water partition coefficient (Wildman–Crippen LogP) is 2.41. The largest absolute Gasteiger partial charge is 0.467 e. The molecule has 0 aliphatic rings. The zero-order valence-corrected chi connectivity index (χ0v) is 16.7. The van der Waals surface area contributed by atoms with Crippen LogP contribution < -0.4 is 5.32 Å². The number of aryl methyl sites for hydroxylation is 1. The van der Waals surface area contributed by atoms with Gasteiger partial charge in [0.1, 0.15) is 11.7 Å². The Bertz CT molecular complexity index is 1080. The van der Waals surface area contributed by atoms with Crippen LogP contribution in [0.4, 0.5) is 0 Å². The van der Waals surface area contributed by atoms with Gasteiger partial charge >= 0.3 is 11.9 Å². The number of H-pyrrole nitrogens is 2. The van der Waals surface area contributed by atoms with Gasteiger partial charge in [-0.1, -0.05) is 18.2 Å². The Kier molecular flexibility index (Phi) is 5.72. The average molecular weight is 397 g/mol. The van der Waals surface area contributed by atoms with Crippen molar-refractivity contribution in [3.8, 4) is 0 Å². The van der Waals surface area contributed by atoms with Gasteiger partial charge in [-0.2, -0.15) is 0 Å². The minimum atomic E-state index is -0.892. The van der Waals surface area contributed by atoms with Crippen molar-refractivity contribution in [2.24, 2.45) is 0 Å². The number of hydrogen-bond donors (Lipinski definition) is 3. The average Bonchev–Trinajstić information content (AvgIpc) is 3.26. The van der Waals surface area contributed by atoms with Crippen LogP contribution in [0.3, 0.4) is 0 Å². The molecule has 0 unspecified atom stereocenters. The van der Waals surface area contributed by atoms with E-state index in [0.717, 1.165) is 16.5 Å². The molecule has 29 heavy (non-hydrogen) atoms. The second-order valence-electron chi connectivity index (χ2n) is 6.73. The number of esters is 2. The zero-order chi connectivity index (χ0) is 21.1. The van der Waals surface area contributed by atoms with Gasteiger partial charge in [0.15, 0.2) is 0 Å². The van der Waals surface area contributed by atoms with Crippen molar-refractivity contribution in [3.05, 3.63) is 58.5 Å². The minimum absolute atomic E-state index is 0.204. The number of carbonyl (C=O) groups is 3. The lowest BCUT2D eigenvalue weighted by Crippen LogP contribution is -2.43. The molecule has 2 heterocycles. The monoisotopic (exact) mass is 397 g/mol. The molecule has 1 atom stereocenters. The molecule has 0 fully saturated rings. The van der Waals surface area contributed by atoms with Crippen LogP contribution in [0.25, 0.3) is 10.9 Å². The smallest absolute Gasteiger partial charge is 0.339 e. The highest BCUT2D eigenvalue weighted by Crippen LogP contribution is 2.21. The lowest BCUT2D eigenvalue weighted by atomic mass is 10.0. The van der Waals surface area contributed by atoms with Crippen LogP contribution in [0.15, 0.2) is 30.5 Å². The zero-order valence-electron chi connectivity index (χ0n) is 16.7. The van der Waals surface area contributed by atoms with E-state index >= 15 is 0 Å². The van der Waals surface area contributed by atoms with E-state index in [1.165, 1.54) is 14.2 Å². The van der Waals surface area contributed by atoms with Gasteiger partial charge in [0, 0.05) is 29.2 Å². The number of fused-ring (bicyclic) bond motifs is 1. The number of aromatic amines is 2. The summed E-state index contributed by atoms with van der Waals surface area (Å²) in [6.45, 7) is 3.33. The van der Waals surface area contributed by atoms with Gasteiger partial charge in [0.05, 0.1) is 19.8 Å². The molecule has 0 radical (unpaired) electrons. The van der Waals surface area contributed by atoms with E-state index in [4.69, 9.17) is 9.47 Å². The van der Waals surface area contributed by atoms with Crippen molar-refractivity contribution in [2.75, 3.05) is 14.2 Å². The number of aromatic nitrogens is 2. The molecule has 3 rings (SSSR count). The molecule has 3 aromatic rings. The van der Waals surface area contributed by atoms with Crippen LogP contribution in [-0.2, 0) is 20.7 Å². The van der Waals surface area contributed by atoms with Crippen molar-refractivity contribution in [1.29, 1.82) is 0 Å². The molecule has 0 saturated carbocycles. The van der Waals surface area contributed by atoms with E-state index in [1.54, 1.807) is 13.8 Å². The Morgan fingerprint density at radius 1 is 1.10 bits per heavy atom. The van der Waals surface area contributed by atoms with Crippen molar-refractivity contribution in [1.82, 2.24) is 15.3 Å². The summed E-state index contributed by atoms with van der Waals surface area (Å²) in [7, 11) is 2.55. The molecule has 0 aliphatic carbocycles. The highest BCUT2D eigenvalue weighted by atomic mass is 16.5. The fourth-order valence-corrected chi connectivity index (χ4v) is 3.47. The Labute approximate surface area is 167 Å². The summed E-state index contributed by atoms with van der Waals surface area (Å²) in [5.74, 6) is -1.59. The normalized spacial score (nSPS) is 11.9. The number of para-hydroxylation sites is 1. The third-order valence-corrected chi connectivity index (χ3v) is 4.94. The number of benzene rings is 1. The first-order chi connectivity index (χ1) is 13.9. The van der Waals surface area contributed by atoms with E-state index in [-0.39, 0.29) is 12.1 Å². The van der Waals surface area contributed by atoms with E-state index in [9.17, 15) is 14.4 Å². The fraction of sp³-hybridized carbons (Fsp3) is 0.286. The lowest BCUT2D eigenvalue weighted by Gasteiger charge is -2.16. The van der Waals surface area contributed by atoms with Crippen LogP contribution in [0.5, 0.6) is 0 Å². The number of carbonyl (C=O) groups excluding carboxylic acids is 3. The first-order valence-corrected chi connectivity index (χ1v) is 9.08. The highest BCUT2D eigenvalue weighted by molar-refractivity contribution is 6.01. The lowest BCUT2D eigenvalue weighted by molar-refractivity contribution is -0.142. The molecule has 0 bridgehead atoms. The van der Waals surface area contributed by atoms with E-state index in [1.807, 2.05) is 30.5 Å². The quantitative estimate of drug-likeness (QED) is 0.553. The third-order valence-electron chi connectivity index (χ3n) is 4.94. The maximum Gasteiger partial charge on any atom is 0.339 e. The summed E-state index contributed by atoms with van der Waals surface area (Å²) in [5, 5.41) is 3.68. The van der Waals surface area contributed by atoms with Crippen molar-refractivity contribution in [2.45, 2.75) is 26.3 Å². The summed E-state index contributed by atoms with van der Waals surface area (Å²) in [4.78, 5) is 43.2. The van der Waals surface area contributed by atoms with Gasteiger partial charge in [-0.05, 0) is 31.0 Å². The number of amides is 1. The second kappa shape index (κ2) is 8.22. The van der Waals surface area contributed by atoms with Crippen LogP contribution in [0.2, 0.25) is 0 Å². The van der Waals surface area contributed by atoms with Gasteiger partial charge in [0.25, 0.3) is 5.91 Å². The predicted molar refractivity (Wildman–Crippen MR) is 107 cm³/mol. The van der Waals surface area contributed by atoms with Gasteiger partial charge in [0.2, 0.25) is 0 Å². The Morgan fingerprint density at radius 3 is 2.52 bits per heavy atom. The maximum absolute atomic E-state index is 12.9. The maximum atomic E-state index is 12.9. The summed E-state index contributed by atoms with van der Waals surface area (Å²) < 4.78 is 9.65. The molecule has 0 saturated heterocycles. The second-order valence-corrected chi connectivity index (χ2v) is 6.73. The van der Waals surface area contributed by atoms with Crippen LogP contribution in [0, 0.1) is 13.8 Å². The van der Waals surface area contributed by atoms with Crippen LogP contribution in [-0.4, -0.2) is 48.1 Å².